The van der Waals surface area contributed by atoms with Crippen LogP contribution in [0.15, 0.2) is 53.9 Å². The number of nitrogens with one attached hydrogen (secondary N) is 2. The zero-order chi connectivity index (χ0) is 19.2. The van der Waals surface area contributed by atoms with Gasteiger partial charge in [0.05, 0.1) is 5.69 Å². The van der Waals surface area contributed by atoms with Crippen LogP contribution in [0.2, 0.25) is 0 Å². The number of rotatable bonds is 6. The van der Waals surface area contributed by atoms with E-state index in [1.165, 1.54) is 16.9 Å². The molecule has 0 fully saturated rings. The molecule has 0 saturated carbocycles. The summed E-state index contributed by atoms with van der Waals surface area (Å²) in [6, 6.07) is 14.9. The number of anilines is 2. The van der Waals surface area contributed by atoms with Gasteiger partial charge < -0.3 is 5.32 Å². The van der Waals surface area contributed by atoms with E-state index in [2.05, 4.69) is 15.6 Å². The fourth-order valence-corrected chi connectivity index (χ4v) is 3.26. The van der Waals surface area contributed by atoms with E-state index in [4.69, 9.17) is 0 Å². The van der Waals surface area contributed by atoms with E-state index >= 15 is 0 Å². The summed E-state index contributed by atoms with van der Waals surface area (Å²) in [5, 5.41) is 8.09. The number of amides is 2. The highest BCUT2D eigenvalue weighted by atomic mass is 32.1. The number of nitrogens with zero attached hydrogens (tertiary/aromatic N) is 1. The average Bonchev–Trinajstić information content (AvgIpc) is 3.11. The molecule has 5 nitrogen and oxygen atoms in total. The van der Waals surface area contributed by atoms with Crippen LogP contribution < -0.4 is 10.6 Å². The summed E-state index contributed by atoms with van der Waals surface area (Å²) >= 11 is 1.36. The fourth-order valence-electron chi connectivity index (χ4n) is 2.52. The maximum atomic E-state index is 12.1. The molecular formula is C21H21N3O2S. The highest BCUT2D eigenvalue weighted by molar-refractivity contribution is 7.14. The molecule has 3 aromatic rings. The second-order valence-electron chi connectivity index (χ2n) is 6.31. The molecule has 2 N–H and O–H groups in total. The lowest BCUT2D eigenvalue weighted by atomic mass is 10.1. The van der Waals surface area contributed by atoms with Crippen LogP contribution in [0.4, 0.5) is 10.8 Å². The third-order valence-corrected chi connectivity index (χ3v) is 5.01. The molecule has 0 aliphatic carbocycles. The normalized spacial score (nSPS) is 10.4. The largest absolute Gasteiger partial charge is 0.326 e. The van der Waals surface area contributed by atoms with Gasteiger partial charge in [-0.3, -0.25) is 14.9 Å². The summed E-state index contributed by atoms with van der Waals surface area (Å²) < 4.78 is 0. The van der Waals surface area contributed by atoms with Crippen LogP contribution in [0.5, 0.6) is 0 Å². The van der Waals surface area contributed by atoms with Crippen LogP contribution in [-0.2, 0) is 11.2 Å². The molecule has 0 radical (unpaired) electrons. The molecule has 27 heavy (non-hydrogen) atoms. The van der Waals surface area contributed by atoms with Crippen molar-refractivity contribution < 1.29 is 9.59 Å². The van der Waals surface area contributed by atoms with E-state index in [0.29, 0.717) is 23.5 Å². The number of thiazole rings is 1. The van der Waals surface area contributed by atoms with Gasteiger partial charge in [0.15, 0.2) is 5.13 Å². The van der Waals surface area contributed by atoms with Gasteiger partial charge in [0.1, 0.15) is 0 Å². The number of carbonyl (C=O) groups excluding carboxylic acids is 2. The molecule has 6 heteroatoms. The van der Waals surface area contributed by atoms with Crippen LogP contribution >= 0.6 is 11.3 Å². The van der Waals surface area contributed by atoms with Gasteiger partial charge in [0.25, 0.3) is 5.91 Å². The second-order valence-corrected chi connectivity index (χ2v) is 7.17. The van der Waals surface area contributed by atoms with E-state index in [9.17, 15) is 9.59 Å². The Balaban J connectivity index is 1.51. The molecule has 138 valence electrons. The molecule has 1 aromatic heterocycles. The molecule has 2 aromatic carbocycles. The summed E-state index contributed by atoms with van der Waals surface area (Å²) in [7, 11) is 0. The number of carbonyl (C=O) groups is 2. The van der Waals surface area contributed by atoms with Crippen LogP contribution in [-0.4, -0.2) is 16.8 Å². The fraction of sp³-hybridized carbons (Fsp3) is 0.190. The molecule has 0 aliphatic heterocycles. The number of aryl methyl sites for hydroxylation is 3. The van der Waals surface area contributed by atoms with E-state index in [1.807, 2.05) is 55.6 Å². The smallest absolute Gasteiger partial charge is 0.257 e. The predicted molar refractivity (Wildman–Crippen MR) is 109 cm³/mol. The topological polar surface area (TPSA) is 71.1 Å². The molecular weight excluding hydrogens is 358 g/mol. The molecule has 0 bridgehead atoms. The Kier molecular flexibility index (Phi) is 5.98. The number of hydrogen-bond acceptors (Lipinski definition) is 4. The predicted octanol–water partition coefficient (Wildman–Crippen LogP) is 4.58. The van der Waals surface area contributed by atoms with E-state index in [0.717, 1.165) is 16.9 Å². The molecule has 0 spiro atoms. The van der Waals surface area contributed by atoms with Crippen LogP contribution in [0, 0.1) is 13.8 Å². The van der Waals surface area contributed by atoms with Crippen molar-refractivity contribution in [3.8, 4) is 0 Å². The van der Waals surface area contributed by atoms with Gasteiger partial charge >= 0.3 is 0 Å². The Bertz CT molecular complexity index is 951. The summed E-state index contributed by atoms with van der Waals surface area (Å²) in [6.07, 6.45) is 0.858. The van der Waals surface area contributed by atoms with Crippen LogP contribution in [0.25, 0.3) is 0 Å². The molecule has 3 rings (SSSR count). The van der Waals surface area contributed by atoms with Gasteiger partial charge in [-0.15, -0.1) is 11.3 Å². The molecule has 2 amide bonds. The van der Waals surface area contributed by atoms with Crippen molar-refractivity contribution in [1.29, 1.82) is 0 Å². The lowest BCUT2D eigenvalue weighted by Gasteiger charge is -2.07. The molecule has 1 heterocycles. The Morgan fingerprint density at radius 2 is 1.78 bits per heavy atom. The van der Waals surface area contributed by atoms with Crippen molar-refractivity contribution in [2.75, 3.05) is 10.6 Å². The van der Waals surface area contributed by atoms with Gasteiger partial charge in [-0.2, -0.15) is 0 Å². The number of hydrogen-bond donors (Lipinski definition) is 2. The first-order valence-electron chi connectivity index (χ1n) is 8.69. The Morgan fingerprint density at radius 3 is 2.52 bits per heavy atom. The van der Waals surface area contributed by atoms with E-state index in [1.54, 1.807) is 12.1 Å². The average molecular weight is 379 g/mol. The molecule has 0 unspecified atom stereocenters. The third-order valence-electron chi connectivity index (χ3n) is 4.21. The van der Waals surface area contributed by atoms with Crippen LogP contribution in [0.1, 0.15) is 33.6 Å². The lowest BCUT2D eigenvalue weighted by Crippen LogP contribution is -2.13. The van der Waals surface area contributed by atoms with Gasteiger partial charge in [-0.05, 0) is 55.7 Å². The summed E-state index contributed by atoms with van der Waals surface area (Å²) in [4.78, 5) is 28.7. The van der Waals surface area contributed by atoms with Crippen molar-refractivity contribution in [2.24, 2.45) is 0 Å². The van der Waals surface area contributed by atoms with Crippen molar-refractivity contribution >= 4 is 34.0 Å². The maximum Gasteiger partial charge on any atom is 0.257 e. The minimum atomic E-state index is -0.191. The Morgan fingerprint density at radius 1 is 1.00 bits per heavy atom. The Labute approximate surface area is 162 Å². The molecule has 0 saturated heterocycles. The SMILES string of the molecule is Cc1ccc(NC(=O)CCc2csc(NC(=O)c3ccccc3)n2)cc1C. The first kappa shape index (κ1) is 18.8. The number of benzene rings is 2. The first-order valence-corrected chi connectivity index (χ1v) is 9.57. The van der Waals surface area contributed by atoms with E-state index in [-0.39, 0.29) is 11.8 Å². The van der Waals surface area contributed by atoms with Crippen molar-refractivity contribution in [2.45, 2.75) is 26.7 Å². The van der Waals surface area contributed by atoms with Crippen molar-refractivity contribution in [1.82, 2.24) is 4.98 Å². The summed E-state index contributed by atoms with van der Waals surface area (Å²) in [5.41, 5.74) is 4.52. The van der Waals surface area contributed by atoms with Crippen LogP contribution in [0.3, 0.4) is 0 Å². The highest BCUT2D eigenvalue weighted by Crippen LogP contribution is 2.18. The standard InChI is InChI=1S/C21H21N3O2S/c1-14-8-9-17(12-15(14)2)22-19(25)11-10-18-13-27-21(23-18)24-20(26)16-6-4-3-5-7-16/h3-9,12-13H,10-11H2,1-2H3,(H,22,25)(H,23,24,26). The van der Waals surface area contributed by atoms with Crippen molar-refractivity contribution in [3.05, 3.63) is 76.3 Å². The number of aromatic nitrogens is 1. The van der Waals surface area contributed by atoms with Gasteiger partial charge in [0.2, 0.25) is 5.91 Å². The molecule has 0 atom stereocenters. The zero-order valence-corrected chi connectivity index (χ0v) is 16.1. The summed E-state index contributed by atoms with van der Waals surface area (Å²) in [6.45, 7) is 4.06. The van der Waals surface area contributed by atoms with Gasteiger partial charge in [0, 0.05) is 23.1 Å². The second kappa shape index (κ2) is 8.60. The van der Waals surface area contributed by atoms with E-state index < -0.39 is 0 Å². The lowest BCUT2D eigenvalue weighted by molar-refractivity contribution is -0.116. The summed E-state index contributed by atoms with van der Waals surface area (Å²) in [5.74, 6) is -0.245. The third kappa shape index (κ3) is 5.24. The first-order chi connectivity index (χ1) is 13.0. The van der Waals surface area contributed by atoms with Crippen molar-refractivity contribution in [3.63, 3.8) is 0 Å². The zero-order valence-electron chi connectivity index (χ0n) is 15.3. The van der Waals surface area contributed by atoms with Gasteiger partial charge in [-0.25, -0.2) is 4.98 Å². The maximum absolute atomic E-state index is 12.1. The quantitative estimate of drug-likeness (QED) is 0.658. The molecule has 0 aliphatic rings. The monoisotopic (exact) mass is 379 g/mol. The minimum Gasteiger partial charge on any atom is -0.326 e. The van der Waals surface area contributed by atoms with Gasteiger partial charge in [-0.1, -0.05) is 24.3 Å². The minimum absolute atomic E-state index is 0.0545. The Hall–Kier alpha value is -2.99. The highest BCUT2D eigenvalue weighted by Gasteiger charge is 2.10.